The van der Waals surface area contributed by atoms with Crippen molar-refractivity contribution in [3.05, 3.63) is 35.4 Å². The van der Waals surface area contributed by atoms with E-state index in [0.29, 0.717) is 11.1 Å². The molecule has 0 aromatic heterocycles. The molecule has 1 aromatic carbocycles. The maximum absolute atomic E-state index is 12.1. The predicted octanol–water partition coefficient (Wildman–Crippen LogP) is 0.172. The fourth-order valence-corrected chi connectivity index (χ4v) is 1.88. The van der Waals surface area contributed by atoms with Crippen LogP contribution in [0.4, 0.5) is 0 Å². The Morgan fingerprint density at radius 1 is 1.38 bits per heavy atom. The van der Waals surface area contributed by atoms with Crippen molar-refractivity contribution in [1.29, 1.82) is 5.26 Å². The number of carbonyl (C=O) groups is 2. The Morgan fingerprint density at radius 3 is 2.62 bits per heavy atom. The van der Waals surface area contributed by atoms with E-state index in [1.165, 1.54) is 6.07 Å². The van der Waals surface area contributed by atoms with Crippen LogP contribution in [0.3, 0.4) is 0 Å². The molecule has 2 atom stereocenters. The van der Waals surface area contributed by atoms with Gasteiger partial charge in [-0.3, -0.25) is 9.59 Å². The van der Waals surface area contributed by atoms with Crippen LogP contribution in [0, 0.1) is 16.7 Å². The molecule has 0 bridgehead atoms. The maximum Gasteiger partial charge on any atom is 0.251 e. The largest absolute Gasteiger partial charge is 0.396 e. The van der Waals surface area contributed by atoms with Crippen molar-refractivity contribution in [3.8, 4) is 6.07 Å². The molecule has 4 N–H and O–H groups in total. The molecule has 0 aliphatic carbocycles. The van der Waals surface area contributed by atoms with E-state index in [2.05, 4.69) is 10.6 Å². The number of carbonyl (C=O) groups excluding carboxylic acids is 2. The van der Waals surface area contributed by atoms with Crippen LogP contribution in [0.2, 0.25) is 0 Å². The lowest BCUT2D eigenvalue weighted by Gasteiger charge is -2.27. The van der Waals surface area contributed by atoms with Gasteiger partial charge in [0, 0.05) is 23.6 Å². The van der Waals surface area contributed by atoms with Gasteiger partial charge in [0.05, 0.1) is 18.2 Å². The summed E-state index contributed by atoms with van der Waals surface area (Å²) in [5.74, 6) is -0.966. The van der Waals surface area contributed by atoms with Crippen LogP contribution in [0.5, 0.6) is 0 Å². The first-order valence-corrected chi connectivity index (χ1v) is 7.59. The second-order valence-corrected chi connectivity index (χ2v) is 6.36. The molecule has 0 spiro atoms. The molecule has 7 heteroatoms. The quantitative estimate of drug-likeness (QED) is 0.566. The molecule has 0 unspecified atom stereocenters. The molecule has 0 fully saturated rings. The average Bonchev–Trinajstić information content (AvgIpc) is 2.58. The van der Waals surface area contributed by atoms with Gasteiger partial charge in [-0.25, -0.2) is 0 Å². The molecule has 7 nitrogen and oxygen atoms in total. The van der Waals surface area contributed by atoms with Crippen LogP contribution in [0.1, 0.15) is 36.7 Å². The SMILES string of the molecule is C[C@@H](CNC(=O)[C@H](O)C(C)(C)CO)NC(=O)c1cccc(C#N)c1. The third-order valence-electron chi connectivity index (χ3n) is 3.61. The summed E-state index contributed by atoms with van der Waals surface area (Å²) in [6.45, 7) is 4.65. The first-order valence-electron chi connectivity index (χ1n) is 7.59. The number of amides is 2. The van der Waals surface area contributed by atoms with Crippen LogP contribution in [0.15, 0.2) is 24.3 Å². The summed E-state index contributed by atoms with van der Waals surface area (Å²) >= 11 is 0. The Kier molecular flexibility index (Phi) is 6.89. The van der Waals surface area contributed by atoms with Gasteiger partial charge < -0.3 is 20.8 Å². The summed E-state index contributed by atoms with van der Waals surface area (Å²) in [6, 6.07) is 7.88. The summed E-state index contributed by atoms with van der Waals surface area (Å²) in [7, 11) is 0. The van der Waals surface area contributed by atoms with Crippen molar-refractivity contribution in [2.45, 2.75) is 32.9 Å². The van der Waals surface area contributed by atoms with Gasteiger partial charge in [0.2, 0.25) is 5.91 Å². The van der Waals surface area contributed by atoms with Crippen molar-refractivity contribution in [2.75, 3.05) is 13.2 Å². The summed E-state index contributed by atoms with van der Waals surface area (Å²) < 4.78 is 0. The summed E-state index contributed by atoms with van der Waals surface area (Å²) in [4.78, 5) is 24.0. The molecule has 130 valence electrons. The molecule has 1 aromatic rings. The highest BCUT2D eigenvalue weighted by Gasteiger charge is 2.32. The summed E-state index contributed by atoms with van der Waals surface area (Å²) in [6.07, 6.45) is -1.35. The molecule has 0 aliphatic rings. The van der Waals surface area contributed by atoms with Gasteiger partial charge in [0.15, 0.2) is 0 Å². The number of hydrogen-bond donors (Lipinski definition) is 4. The van der Waals surface area contributed by atoms with Crippen LogP contribution in [-0.4, -0.2) is 47.3 Å². The van der Waals surface area contributed by atoms with E-state index in [1.54, 1.807) is 39.0 Å². The number of aliphatic hydroxyl groups excluding tert-OH is 2. The Hall–Kier alpha value is -2.43. The zero-order valence-electron chi connectivity index (χ0n) is 14.0. The van der Waals surface area contributed by atoms with Gasteiger partial charge in [-0.05, 0) is 25.1 Å². The lowest BCUT2D eigenvalue weighted by Crippen LogP contribution is -2.49. The standard InChI is InChI=1S/C17H23N3O4/c1-11(9-19-16(24)14(22)17(2,3)10-21)20-15(23)13-6-4-5-12(7-13)8-18/h4-7,11,14,21-22H,9-10H2,1-3H3,(H,19,24)(H,20,23)/t11-,14-/m0/s1. The molecule has 2 amide bonds. The van der Waals surface area contributed by atoms with Crippen LogP contribution < -0.4 is 10.6 Å². The summed E-state index contributed by atoms with van der Waals surface area (Å²) in [5.41, 5.74) is -0.208. The van der Waals surface area contributed by atoms with E-state index in [-0.39, 0.29) is 25.1 Å². The second kappa shape index (κ2) is 8.43. The molecular formula is C17H23N3O4. The Balaban J connectivity index is 2.54. The number of benzene rings is 1. The minimum Gasteiger partial charge on any atom is -0.396 e. The molecule has 0 heterocycles. The van der Waals surface area contributed by atoms with Crippen molar-refractivity contribution >= 4 is 11.8 Å². The zero-order chi connectivity index (χ0) is 18.3. The number of nitrogens with zero attached hydrogens (tertiary/aromatic N) is 1. The lowest BCUT2D eigenvalue weighted by molar-refractivity contribution is -0.137. The average molecular weight is 333 g/mol. The smallest absolute Gasteiger partial charge is 0.251 e. The lowest BCUT2D eigenvalue weighted by atomic mass is 9.87. The minimum atomic E-state index is -1.35. The Labute approximate surface area is 141 Å². The number of nitrogens with one attached hydrogen (secondary N) is 2. The fraction of sp³-hybridized carbons (Fsp3) is 0.471. The van der Waals surface area contributed by atoms with Crippen LogP contribution in [-0.2, 0) is 4.79 Å². The van der Waals surface area contributed by atoms with Crippen LogP contribution >= 0.6 is 0 Å². The highest BCUT2D eigenvalue weighted by Crippen LogP contribution is 2.19. The fourth-order valence-electron chi connectivity index (χ4n) is 1.88. The molecule has 0 radical (unpaired) electrons. The van der Waals surface area contributed by atoms with Crippen molar-refractivity contribution in [3.63, 3.8) is 0 Å². The maximum atomic E-state index is 12.1. The number of aliphatic hydroxyl groups is 2. The van der Waals surface area contributed by atoms with Crippen molar-refractivity contribution in [2.24, 2.45) is 5.41 Å². The normalized spacial score (nSPS) is 13.5. The highest BCUT2D eigenvalue weighted by molar-refractivity contribution is 5.94. The van der Waals surface area contributed by atoms with Crippen molar-refractivity contribution in [1.82, 2.24) is 10.6 Å². The third kappa shape index (κ3) is 5.33. The Bertz CT molecular complexity index is 637. The van der Waals surface area contributed by atoms with E-state index >= 15 is 0 Å². The highest BCUT2D eigenvalue weighted by atomic mass is 16.3. The van der Waals surface area contributed by atoms with Gasteiger partial charge in [-0.15, -0.1) is 0 Å². The van der Waals surface area contributed by atoms with Gasteiger partial charge in [-0.1, -0.05) is 19.9 Å². The number of rotatable bonds is 7. The first-order chi connectivity index (χ1) is 11.2. The Morgan fingerprint density at radius 2 is 2.04 bits per heavy atom. The second-order valence-electron chi connectivity index (χ2n) is 6.36. The number of hydrogen-bond acceptors (Lipinski definition) is 5. The third-order valence-corrected chi connectivity index (χ3v) is 3.61. The van der Waals surface area contributed by atoms with Crippen molar-refractivity contribution < 1.29 is 19.8 Å². The monoisotopic (exact) mass is 333 g/mol. The molecule has 1 rings (SSSR count). The van der Waals surface area contributed by atoms with E-state index in [9.17, 15) is 14.7 Å². The van der Waals surface area contributed by atoms with E-state index < -0.39 is 17.4 Å². The molecule has 0 saturated carbocycles. The molecule has 0 saturated heterocycles. The molecule has 0 aliphatic heterocycles. The van der Waals surface area contributed by atoms with E-state index in [0.717, 1.165) is 0 Å². The zero-order valence-corrected chi connectivity index (χ0v) is 14.0. The van der Waals surface area contributed by atoms with Gasteiger partial charge in [-0.2, -0.15) is 5.26 Å². The van der Waals surface area contributed by atoms with Gasteiger partial charge >= 0.3 is 0 Å². The van der Waals surface area contributed by atoms with Gasteiger partial charge in [0.25, 0.3) is 5.91 Å². The minimum absolute atomic E-state index is 0.126. The van der Waals surface area contributed by atoms with Crippen LogP contribution in [0.25, 0.3) is 0 Å². The van der Waals surface area contributed by atoms with Gasteiger partial charge in [0.1, 0.15) is 6.10 Å². The molecule has 24 heavy (non-hydrogen) atoms. The summed E-state index contributed by atoms with van der Waals surface area (Å²) in [5, 5.41) is 33.1. The van der Waals surface area contributed by atoms with E-state index in [4.69, 9.17) is 10.4 Å². The predicted molar refractivity (Wildman–Crippen MR) is 88.0 cm³/mol. The topological polar surface area (TPSA) is 122 Å². The molecular weight excluding hydrogens is 310 g/mol. The number of nitriles is 1. The first kappa shape index (κ1) is 19.6. The van der Waals surface area contributed by atoms with E-state index in [1.807, 2.05) is 6.07 Å².